The summed E-state index contributed by atoms with van der Waals surface area (Å²) >= 11 is -0.143. The second-order valence-corrected chi connectivity index (χ2v) is 6.86. The van der Waals surface area contributed by atoms with Gasteiger partial charge in [0.15, 0.2) is 5.82 Å². The Balaban J connectivity index is 0.00000136. The molecular formula is C20H23F3N4S. The van der Waals surface area contributed by atoms with Gasteiger partial charge in [-0.2, -0.15) is 13.2 Å². The van der Waals surface area contributed by atoms with Crippen LogP contribution in [0.3, 0.4) is 0 Å². The fourth-order valence-corrected chi connectivity index (χ4v) is 3.09. The first-order valence-electron chi connectivity index (χ1n) is 9.02. The molecule has 8 heteroatoms. The van der Waals surface area contributed by atoms with E-state index in [0.717, 1.165) is 29.7 Å². The van der Waals surface area contributed by atoms with Crippen LogP contribution in [0.4, 0.5) is 18.9 Å². The zero-order valence-corrected chi connectivity index (χ0v) is 16.8. The third kappa shape index (κ3) is 5.76. The molecule has 0 aliphatic carbocycles. The molecule has 1 aromatic heterocycles. The maximum absolute atomic E-state index is 12.4. The fourth-order valence-electron chi connectivity index (χ4n) is 2.55. The van der Waals surface area contributed by atoms with Crippen LogP contribution >= 0.6 is 11.8 Å². The summed E-state index contributed by atoms with van der Waals surface area (Å²) in [5, 5.41) is 4.42. The fraction of sp³-hybridized carbons (Fsp3) is 0.300. The molecule has 0 saturated carbocycles. The lowest BCUT2D eigenvalue weighted by molar-refractivity contribution is -0.0328. The van der Waals surface area contributed by atoms with Crippen molar-refractivity contribution in [2.45, 2.75) is 44.0 Å². The van der Waals surface area contributed by atoms with E-state index in [4.69, 9.17) is 5.73 Å². The van der Waals surface area contributed by atoms with Crippen LogP contribution in [0, 0.1) is 0 Å². The second-order valence-electron chi connectivity index (χ2n) is 5.72. The molecule has 0 aliphatic rings. The Morgan fingerprint density at radius 2 is 1.75 bits per heavy atom. The van der Waals surface area contributed by atoms with Crippen molar-refractivity contribution in [3.8, 4) is 17.1 Å². The molecule has 0 spiro atoms. The Morgan fingerprint density at radius 3 is 2.36 bits per heavy atom. The van der Waals surface area contributed by atoms with Crippen molar-refractivity contribution in [2.75, 3.05) is 5.73 Å². The van der Waals surface area contributed by atoms with Gasteiger partial charge in [0.1, 0.15) is 6.33 Å². The van der Waals surface area contributed by atoms with Crippen molar-refractivity contribution in [3.63, 3.8) is 0 Å². The molecule has 3 rings (SSSR count). The lowest BCUT2D eigenvalue weighted by atomic mass is 10.0. The van der Waals surface area contributed by atoms with E-state index in [0.29, 0.717) is 11.5 Å². The van der Waals surface area contributed by atoms with E-state index in [9.17, 15) is 13.2 Å². The zero-order chi connectivity index (χ0) is 20.7. The number of thioether (sulfide) groups is 1. The average molecular weight is 408 g/mol. The summed E-state index contributed by atoms with van der Waals surface area (Å²) in [5.74, 6) is 0.538. The lowest BCUT2D eigenvalue weighted by Crippen LogP contribution is -1.99. The molecule has 0 unspecified atom stereocenters. The minimum absolute atomic E-state index is 0.129. The third-order valence-corrected chi connectivity index (χ3v) is 4.49. The van der Waals surface area contributed by atoms with Crippen LogP contribution < -0.4 is 5.73 Å². The van der Waals surface area contributed by atoms with E-state index in [2.05, 4.69) is 17.0 Å². The molecule has 1 heterocycles. The van der Waals surface area contributed by atoms with E-state index < -0.39 is 5.51 Å². The van der Waals surface area contributed by atoms with Gasteiger partial charge in [-0.25, -0.2) is 9.67 Å². The molecule has 150 valence electrons. The van der Waals surface area contributed by atoms with Gasteiger partial charge in [-0.1, -0.05) is 27.2 Å². The maximum atomic E-state index is 12.4. The van der Waals surface area contributed by atoms with Gasteiger partial charge in [0.2, 0.25) is 0 Å². The van der Waals surface area contributed by atoms with E-state index in [-0.39, 0.29) is 16.7 Å². The number of aromatic nitrogens is 3. The SMILES string of the molecule is CC.CCCc1cc(-c2ncn(-c3ccc(SC(F)(F)F)cc3)n2)ccc1N. The number of rotatable bonds is 5. The highest BCUT2D eigenvalue weighted by atomic mass is 32.2. The molecule has 0 amide bonds. The Hall–Kier alpha value is -2.48. The summed E-state index contributed by atoms with van der Waals surface area (Å²) in [6, 6.07) is 11.7. The Morgan fingerprint density at radius 1 is 1.07 bits per heavy atom. The van der Waals surface area contributed by atoms with Gasteiger partial charge in [0.05, 0.1) is 5.69 Å². The summed E-state index contributed by atoms with van der Waals surface area (Å²) in [6.45, 7) is 6.08. The number of alkyl halides is 3. The predicted octanol–water partition coefficient (Wildman–Crippen LogP) is 6.11. The topological polar surface area (TPSA) is 56.7 Å². The van der Waals surface area contributed by atoms with Crippen molar-refractivity contribution in [3.05, 3.63) is 54.4 Å². The van der Waals surface area contributed by atoms with Crippen LogP contribution in [0.25, 0.3) is 17.1 Å². The summed E-state index contributed by atoms with van der Waals surface area (Å²) in [5.41, 5.74) is 4.97. The van der Waals surface area contributed by atoms with Gasteiger partial charge in [0.25, 0.3) is 0 Å². The normalized spacial score (nSPS) is 11.1. The second kappa shape index (κ2) is 9.64. The molecule has 0 saturated heterocycles. The Kier molecular flexibility index (Phi) is 7.51. The number of aryl methyl sites for hydroxylation is 1. The molecular weight excluding hydrogens is 385 g/mol. The summed E-state index contributed by atoms with van der Waals surface area (Å²) in [7, 11) is 0. The molecule has 28 heavy (non-hydrogen) atoms. The number of hydrogen-bond acceptors (Lipinski definition) is 4. The van der Waals surface area contributed by atoms with Gasteiger partial charge in [-0.15, -0.1) is 5.10 Å². The highest BCUT2D eigenvalue weighted by Gasteiger charge is 2.29. The molecule has 2 N–H and O–H groups in total. The molecule has 3 aromatic rings. The molecule has 0 fully saturated rings. The van der Waals surface area contributed by atoms with E-state index in [1.807, 2.05) is 32.0 Å². The van der Waals surface area contributed by atoms with Crippen molar-refractivity contribution in [1.82, 2.24) is 14.8 Å². The lowest BCUT2D eigenvalue weighted by Gasteiger charge is -2.07. The summed E-state index contributed by atoms with van der Waals surface area (Å²) < 4.78 is 38.7. The highest BCUT2D eigenvalue weighted by molar-refractivity contribution is 8.00. The maximum Gasteiger partial charge on any atom is 0.446 e. The largest absolute Gasteiger partial charge is 0.446 e. The zero-order valence-electron chi connectivity index (χ0n) is 16.0. The monoisotopic (exact) mass is 408 g/mol. The van der Waals surface area contributed by atoms with Gasteiger partial charge < -0.3 is 5.73 Å². The number of halogens is 3. The number of hydrogen-bond donors (Lipinski definition) is 1. The number of nitrogens with two attached hydrogens (primary N) is 1. The smallest absolute Gasteiger partial charge is 0.399 e. The number of nitrogen functional groups attached to an aromatic ring is 1. The minimum atomic E-state index is -4.30. The van der Waals surface area contributed by atoms with Crippen LogP contribution in [0.15, 0.2) is 53.7 Å². The van der Waals surface area contributed by atoms with Crippen LogP contribution in [0.5, 0.6) is 0 Å². The van der Waals surface area contributed by atoms with Crippen molar-refractivity contribution in [2.24, 2.45) is 0 Å². The van der Waals surface area contributed by atoms with Crippen LogP contribution in [0.2, 0.25) is 0 Å². The van der Waals surface area contributed by atoms with Gasteiger partial charge >= 0.3 is 5.51 Å². The molecule has 0 aliphatic heterocycles. The van der Waals surface area contributed by atoms with E-state index in [1.165, 1.54) is 23.1 Å². The average Bonchev–Trinajstić information content (AvgIpc) is 3.15. The number of benzene rings is 2. The van der Waals surface area contributed by atoms with Crippen LogP contribution in [0.1, 0.15) is 32.8 Å². The van der Waals surface area contributed by atoms with Gasteiger partial charge in [-0.3, -0.25) is 0 Å². The van der Waals surface area contributed by atoms with Gasteiger partial charge in [-0.05, 0) is 66.2 Å². The molecule has 4 nitrogen and oxygen atoms in total. The van der Waals surface area contributed by atoms with Gasteiger partial charge in [0, 0.05) is 16.1 Å². The Bertz CT molecular complexity index is 889. The molecule has 0 bridgehead atoms. The summed E-state index contributed by atoms with van der Waals surface area (Å²) in [4.78, 5) is 4.43. The first-order valence-corrected chi connectivity index (χ1v) is 9.84. The first kappa shape index (κ1) is 21.8. The number of anilines is 1. The van der Waals surface area contributed by atoms with Crippen LogP contribution in [-0.2, 0) is 6.42 Å². The highest BCUT2D eigenvalue weighted by Crippen LogP contribution is 2.36. The molecule has 2 aromatic carbocycles. The van der Waals surface area contributed by atoms with Crippen molar-refractivity contribution < 1.29 is 13.2 Å². The minimum Gasteiger partial charge on any atom is -0.399 e. The predicted molar refractivity (Wildman–Crippen MR) is 108 cm³/mol. The standard InChI is InChI=1S/C18H17F3N4S.C2H6/c1-2-3-12-10-13(4-9-16(12)22)17-23-11-25(24-17)14-5-7-15(8-6-14)26-18(19,20)21;1-2/h4-11H,2-3,22H2,1H3;1-2H3. The number of nitrogens with zero attached hydrogens (tertiary/aromatic N) is 3. The first-order chi connectivity index (χ1) is 13.4. The Labute approximate surface area is 167 Å². The quantitative estimate of drug-likeness (QED) is 0.409. The molecule has 0 radical (unpaired) electrons. The van der Waals surface area contributed by atoms with Crippen LogP contribution in [-0.4, -0.2) is 20.3 Å². The summed E-state index contributed by atoms with van der Waals surface area (Å²) in [6.07, 6.45) is 3.40. The van der Waals surface area contributed by atoms with E-state index in [1.54, 1.807) is 12.1 Å². The van der Waals surface area contributed by atoms with E-state index >= 15 is 0 Å². The molecule has 0 atom stereocenters. The van der Waals surface area contributed by atoms with Crippen molar-refractivity contribution >= 4 is 17.4 Å². The third-order valence-electron chi connectivity index (χ3n) is 3.75. The van der Waals surface area contributed by atoms with Crippen molar-refractivity contribution in [1.29, 1.82) is 0 Å².